The van der Waals surface area contributed by atoms with Crippen molar-refractivity contribution in [3.05, 3.63) is 77.2 Å². The number of piperidine rings is 1. The number of ketones is 1. The molecule has 0 bridgehead atoms. The lowest BCUT2D eigenvalue weighted by Gasteiger charge is -2.22. The molecular formula is C26H27N3O4. The average Bonchev–Trinajstić information content (AvgIpc) is 3.42. The highest BCUT2D eigenvalue weighted by Crippen LogP contribution is 2.38. The van der Waals surface area contributed by atoms with Crippen molar-refractivity contribution in [3.63, 3.8) is 0 Å². The van der Waals surface area contributed by atoms with Gasteiger partial charge in [-0.15, -0.1) is 0 Å². The van der Waals surface area contributed by atoms with Gasteiger partial charge in [0.05, 0.1) is 11.8 Å². The minimum atomic E-state index is -0.653. The zero-order valence-corrected chi connectivity index (χ0v) is 18.5. The topological polar surface area (TPSA) is 89.0 Å². The van der Waals surface area contributed by atoms with Gasteiger partial charge in [-0.1, -0.05) is 30.3 Å². The summed E-state index contributed by atoms with van der Waals surface area (Å²) in [5.41, 5.74) is 3.68. The Balaban J connectivity index is 1.46. The number of hydrogen-bond acceptors (Lipinski definition) is 6. The highest BCUT2D eigenvalue weighted by Gasteiger charge is 2.40. The molecule has 7 heteroatoms. The maximum absolute atomic E-state index is 13.1. The van der Waals surface area contributed by atoms with E-state index in [1.807, 2.05) is 30.3 Å². The molecule has 2 N–H and O–H groups in total. The quantitative estimate of drug-likeness (QED) is 0.524. The smallest absolute Gasteiger partial charge is 0.244 e. The van der Waals surface area contributed by atoms with E-state index < -0.39 is 12.2 Å². The molecule has 3 aliphatic rings. The van der Waals surface area contributed by atoms with Crippen LogP contribution in [0.2, 0.25) is 0 Å². The molecule has 2 aromatic carbocycles. The fraction of sp³-hybridized carbons (Fsp3) is 0.346. The molecule has 0 radical (unpaired) electrons. The number of ether oxygens (including phenoxy) is 2. The number of anilines is 1. The summed E-state index contributed by atoms with van der Waals surface area (Å²) in [6.45, 7) is 3.29. The predicted octanol–water partition coefficient (Wildman–Crippen LogP) is 3.57. The van der Waals surface area contributed by atoms with E-state index in [0.717, 1.165) is 37.1 Å². The number of aliphatic imine (C=N–C) groups is 1. The summed E-state index contributed by atoms with van der Waals surface area (Å²) in [6.07, 6.45) is 3.46. The van der Waals surface area contributed by atoms with Crippen molar-refractivity contribution in [3.8, 4) is 0 Å². The van der Waals surface area contributed by atoms with Crippen LogP contribution in [0.25, 0.3) is 0 Å². The molecule has 0 spiro atoms. The first-order valence-electron chi connectivity index (χ1n) is 11.4. The van der Waals surface area contributed by atoms with Gasteiger partial charge in [0.2, 0.25) is 12.2 Å². The summed E-state index contributed by atoms with van der Waals surface area (Å²) in [7, 11) is 0. The number of benzene rings is 2. The number of carbonyl (C=O) groups excluding carboxylic acids is 2. The van der Waals surface area contributed by atoms with Gasteiger partial charge in [0, 0.05) is 17.7 Å². The number of nitrogens with zero attached hydrogens (tertiary/aromatic N) is 1. The SMILES string of the molecule is CC(=O)c1ccc2c(c1)C(C(=NC1CCNCC1)C1=COC(Cc3ccccc3)O1)C(=O)N2. The van der Waals surface area contributed by atoms with E-state index in [9.17, 15) is 9.59 Å². The standard InChI is InChI=1S/C26H27N3O4/c1-16(30)18-7-8-21-20(14-18)24(26(31)29-21)25(28-19-9-11-27-12-10-19)22-15-32-23(33-22)13-17-5-3-2-4-6-17/h2-8,14-15,19,23-24,27H,9-13H2,1H3,(H,29,31). The van der Waals surface area contributed by atoms with Crippen LogP contribution in [0.1, 0.15) is 47.2 Å². The Morgan fingerprint density at radius 3 is 2.67 bits per heavy atom. The largest absolute Gasteiger partial charge is 0.458 e. The zero-order chi connectivity index (χ0) is 22.8. The van der Waals surface area contributed by atoms with Crippen molar-refractivity contribution in [1.29, 1.82) is 0 Å². The molecule has 2 atom stereocenters. The number of fused-ring (bicyclic) bond motifs is 1. The summed E-state index contributed by atoms with van der Waals surface area (Å²) in [5, 5.41) is 6.29. The van der Waals surface area contributed by atoms with E-state index >= 15 is 0 Å². The van der Waals surface area contributed by atoms with Crippen molar-refractivity contribution in [2.24, 2.45) is 4.99 Å². The fourth-order valence-corrected chi connectivity index (χ4v) is 4.52. The van der Waals surface area contributed by atoms with E-state index in [-0.39, 0.29) is 17.7 Å². The number of rotatable bonds is 6. The van der Waals surface area contributed by atoms with Crippen LogP contribution in [0.4, 0.5) is 5.69 Å². The van der Waals surface area contributed by atoms with Crippen LogP contribution in [0.3, 0.4) is 0 Å². The molecule has 1 saturated heterocycles. The second-order valence-electron chi connectivity index (χ2n) is 8.63. The lowest BCUT2D eigenvalue weighted by atomic mass is 9.91. The van der Waals surface area contributed by atoms with Crippen molar-refractivity contribution < 1.29 is 19.1 Å². The van der Waals surface area contributed by atoms with Gasteiger partial charge in [-0.2, -0.15) is 0 Å². The summed E-state index contributed by atoms with van der Waals surface area (Å²) in [4.78, 5) is 30.1. The molecule has 1 amide bonds. The van der Waals surface area contributed by atoms with Crippen LogP contribution in [0.5, 0.6) is 0 Å². The third kappa shape index (κ3) is 4.54. The van der Waals surface area contributed by atoms with E-state index in [0.29, 0.717) is 29.1 Å². The van der Waals surface area contributed by atoms with Gasteiger partial charge >= 0.3 is 0 Å². The van der Waals surface area contributed by atoms with Crippen LogP contribution in [0.15, 0.2) is 65.5 Å². The zero-order valence-electron chi connectivity index (χ0n) is 18.5. The molecular weight excluding hydrogens is 418 g/mol. The first kappa shape index (κ1) is 21.4. The molecule has 3 heterocycles. The van der Waals surface area contributed by atoms with Gasteiger partial charge in [-0.25, -0.2) is 0 Å². The van der Waals surface area contributed by atoms with Gasteiger partial charge in [-0.3, -0.25) is 14.6 Å². The Bertz CT molecular complexity index is 1120. The molecule has 7 nitrogen and oxygen atoms in total. The minimum Gasteiger partial charge on any atom is -0.458 e. The summed E-state index contributed by atoms with van der Waals surface area (Å²) in [5.74, 6) is -0.389. The summed E-state index contributed by atoms with van der Waals surface area (Å²) >= 11 is 0. The van der Waals surface area contributed by atoms with Crippen LogP contribution in [-0.2, 0) is 20.7 Å². The first-order valence-corrected chi connectivity index (χ1v) is 11.4. The van der Waals surface area contributed by atoms with Gasteiger partial charge in [0.1, 0.15) is 12.2 Å². The van der Waals surface area contributed by atoms with Crippen molar-refractivity contribution >= 4 is 23.1 Å². The Labute approximate surface area is 192 Å². The van der Waals surface area contributed by atoms with Crippen LogP contribution >= 0.6 is 0 Å². The Morgan fingerprint density at radius 1 is 1.12 bits per heavy atom. The number of Topliss-reactive ketones (excluding diaryl/α,β-unsaturated/α-hetero) is 1. The number of hydrogen-bond donors (Lipinski definition) is 2. The van der Waals surface area contributed by atoms with Gasteiger partial charge < -0.3 is 20.1 Å². The van der Waals surface area contributed by atoms with Crippen LogP contribution < -0.4 is 10.6 Å². The molecule has 1 fully saturated rings. The third-order valence-electron chi connectivity index (χ3n) is 6.28. The average molecular weight is 446 g/mol. The first-order chi connectivity index (χ1) is 16.1. The normalized spacial score (nSPS) is 22.8. The Kier molecular flexibility index (Phi) is 5.96. The third-order valence-corrected chi connectivity index (χ3v) is 6.28. The summed E-state index contributed by atoms with van der Waals surface area (Å²) in [6, 6.07) is 15.4. The van der Waals surface area contributed by atoms with E-state index in [4.69, 9.17) is 14.5 Å². The Morgan fingerprint density at radius 2 is 1.91 bits per heavy atom. The number of carbonyl (C=O) groups is 2. The highest BCUT2D eigenvalue weighted by molar-refractivity contribution is 6.23. The molecule has 0 saturated carbocycles. The summed E-state index contributed by atoms with van der Waals surface area (Å²) < 4.78 is 12.0. The minimum absolute atomic E-state index is 0.0460. The number of nitrogens with one attached hydrogen (secondary N) is 2. The molecule has 0 aromatic heterocycles. The lowest BCUT2D eigenvalue weighted by molar-refractivity contribution is -0.115. The van der Waals surface area contributed by atoms with Gasteiger partial charge in [0.25, 0.3) is 0 Å². The highest BCUT2D eigenvalue weighted by atomic mass is 16.7. The molecule has 33 heavy (non-hydrogen) atoms. The van der Waals surface area contributed by atoms with Gasteiger partial charge in [0.15, 0.2) is 11.5 Å². The van der Waals surface area contributed by atoms with Crippen LogP contribution in [0, 0.1) is 0 Å². The number of amides is 1. The van der Waals surface area contributed by atoms with E-state index in [2.05, 4.69) is 10.6 Å². The van der Waals surface area contributed by atoms with Crippen LogP contribution in [-0.4, -0.2) is 42.8 Å². The maximum atomic E-state index is 13.1. The molecule has 2 aromatic rings. The second-order valence-corrected chi connectivity index (χ2v) is 8.63. The second kappa shape index (κ2) is 9.19. The molecule has 5 rings (SSSR count). The number of allylic oxidation sites excluding steroid dienone is 1. The van der Waals surface area contributed by atoms with Gasteiger partial charge in [-0.05, 0) is 62.2 Å². The van der Waals surface area contributed by atoms with Crippen molar-refractivity contribution in [2.75, 3.05) is 18.4 Å². The predicted molar refractivity (Wildman–Crippen MR) is 125 cm³/mol. The molecule has 2 unspecified atom stereocenters. The monoisotopic (exact) mass is 445 g/mol. The van der Waals surface area contributed by atoms with Crippen molar-refractivity contribution in [1.82, 2.24) is 5.32 Å². The fourth-order valence-electron chi connectivity index (χ4n) is 4.52. The van der Waals surface area contributed by atoms with E-state index in [1.165, 1.54) is 6.92 Å². The maximum Gasteiger partial charge on any atom is 0.244 e. The molecule has 3 aliphatic heterocycles. The molecule has 0 aliphatic carbocycles. The Hall–Kier alpha value is -3.45. The molecule has 170 valence electrons. The van der Waals surface area contributed by atoms with Crippen molar-refractivity contribution in [2.45, 2.75) is 44.4 Å². The van der Waals surface area contributed by atoms with E-state index in [1.54, 1.807) is 24.5 Å². The lowest BCUT2D eigenvalue weighted by Crippen LogP contribution is -2.32.